The Bertz CT molecular complexity index is 811. The molecular formula is C19H22NO6S+. The number of ether oxygens (including phenoxy) is 3. The van der Waals surface area contributed by atoms with Gasteiger partial charge >= 0.3 is 17.9 Å². The van der Waals surface area contributed by atoms with Gasteiger partial charge < -0.3 is 14.2 Å². The number of pyridine rings is 1. The smallest absolute Gasteiger partial charge is 0.345 e. The van der Waals surface area contributed by atoms with E-state index in [2.05, 4.69) is 4.57 Å². The molecule has 8 heteroatoms. The van der Waals surface area contributed by atoms with Crippen LogP contribution in [0, 0.1) is 23.7 Å². The van der Waals surface area contributed by atoms with E-state index in [9.17, 15) is 14.4 Å². The van der Waals surface area contributed by atoms with Crippen molar-refractivity contribution in [2.75, 3.05) is 21.3 Å². The second kappa shape index (κ2) is 6.82. The number of nitrogens with zero attached hydrogens (tertiary/aromatic N) is 1. The Morgan fingerprint density at radius 3 is 2.26 bits per heavy atom. The van der Waals surface area contributed by atoms with Crippen LogP contribution in [0.1, 0.15) is 29.2 Å². The van der Waals surface area contributed by atoms with Crippen LogP contribution in [0.4, 0.5) is 0 Å². The van der Waals surface area contributed by atoms with E-state index >= 15 is 0 Å². The monoisotopic (exact) mass is 392 g/mol. The summed E-state index contributed by atoms with van der Waals surface area (Å²) >= 11 is 1.61. The number of esters is 3. The number of thioether (sulfide) groups is 1. The van der Waals surface area contributed by atoms with Gasteiger partial charge in [-0.1, -0.05) is 0 Å². The molecule has 0 radical (unpaired) electrons. The Morgan fingerprint density at radius 1 is 1.00 bits per heavy atom. The van der Waals surface area contributed by atoms with E-state index in [0.29, 0.717) is 5.56 Å². The maximum Gasteiger partial charge on any atom is 0.345 e. The molecule has 0 aromatic carbocycles. The van der Waals surface area contributed by atoms with Gasteiger partial charge in [-0.3, -0.25) is 9.59 Å². The van der Waals surface area contributed by atoms with Crippen molar-refractivity contribution in [3.8, 4) is 0 Å². The summed E-state index contributed by atoms with van der Waals surface area (Å²) in [5.74, 6) is -2.17. The molecule has 4 aliphatic rings. The minimum Gasteiger partial charge on any atom is -0.469 e. The highest BCUT2D eigenvalue weighted by Gasteiger charge is 2.66. The molecule has 1 aliphatic heterocycles. The Balaban J connectivity index is 1.80. The van der Waals surface area contributed by atoms with Gasteiger partial charge in [-0.25, -0.2) is 4.79 Å². The van der Waals surface area contributed by atoms with E-state index < -0.39 is 11.8 Å². The maximum atomic E-state index is 12.6. The normalized spacial score (nSPS) is 33.0. The summed E-state index contributed by atoms with van der Waals surface area (Å²) in [6.07, 6.45) is 3.64. The Hall–Kier alpha value is -2.09. The standard InChI is InChI=1S/C19H22NO6S/c1-24-17(21)11-5-4-8-20-14-9-6-7-10(15(14)27-16(11)20)13(19(23)26-3)12(9)18(22)25-2/h4-5,8-10,12-15H,6-7H2,1-3H3/q+1/t9-,10-,12-,13+,14-,15+/m0/s1. The van der Waals surface area contributed by atoms with Crippen molar-refractivity contribution in [2.45, 2.75) is 29.2 Å². The quantitative estimate of drug-likeness (QED) is 0.437. The zero-order chi connectivity index (χ0) is 19.3. The summed E-state index contributed by atoms with van der Waals surface area (Å²) in [6.45, 7) is 0. The van der Waals surface area contributed by atoms with E-state index in [1.807, 2.05) is 12.3 Å². The first-order chi connectivity index (χ1) is 13.0. The van der Waals surface area contributed by atoms with E-state index in [1.165, 1.54) is 21.3 Å². The van der Waals surface area contributed by atoms with Crippen molar-refractivity contribution < 1.29 is 33.2 Å². The summed E-state index contributed by atoms with van der Waals surface area (Å²) in [5.41, 5.74) is 0.517. The minimum atomic E-state index is -0.525. The van der Waals surface area contributed by atoms with Crippen LogP contribution >= 0.6 is 11.8 Å². The molecule has 0 N–H and O–H groups in total. The van der Waals surface area contributed by atoms with Gasteiger partial charge in [0.25, 0.3) is 5.03 Å². The molecule has 3 saturated carbocycles. The lowest BCUT2D eigenvalue weighted by atomic mass is 9.56. The summed E-state index contributed by atoms with van der Waals surface area (Å²) < 4.78 is 17.1. The van der Waals surface area contributed by atoms with Crippen molar-refractivity contribution in [3.05, 3.63) is 23.9 Å². The molecule has 5 rings (SSSR count). The third-order valence-electron chi connectivity index (χ3n) is 6.24. The van der Waals surface area contributed by atoms with Gasteiger partial charge in [-0.05, 0) is 36.6 Å². The summed E-state index contributed by atoms with van der Waals surface area (Å²) in [7, 11) is 4.08. The van der Waals surface area contributed by atoms with E-state index in [0.717, 1.165) is 17.9 Å². The lowest BCUT2D eigenvalue weighted by Gasteiger charge is -2.49. The fourth-order valence-electron chi connectivity index (χ4n) is 5.23. The lowest BCUT2D eigenvalue weighted by Crippen LogP contribution is -2.61. The molecule has 1 aromatic rings. The van der Waals surface area contributed by atoms with Crippen LogP contribution < -0.4 is 4.57 Å². The van der Waals surface area contributed by atoms with Gasteiger partial charge in [0, 0.05) is 12.0 Å². The number of methoxy groups -OCH3 is 3. The SMILES string of the molecule is COC(=O)c1ccc[n+]2c1S[C@@H]1[C@H]3CC[C@@H]([C@H](C(=O)OC)[C@@H]3C(=O)OC)[C@@H]12. The first-order valence-electron chi connectivity index (χ1n) is 8.98. The summed E-state index contributed by atoms with van der Waals surface area (Å²) in [5, 5.41) is 0.949. The topological polar surface area (TPSA) is 82.8 Å². The molecule has 0 spiro atoms. The molecule has 7 nitrogen and oxygen atoms in total. The molecule has 1 aromatic heterocycles. The van der Waals surface area contributed by atoms with Gasteiger partial charge in [0.15, 0.2) is 12.2 Å². The molecule has 6 atom stereocenters. The lowest BCUT2D eigenvalue weighted by molar-refractivity contribution is -0.762. The fraction of sp³-hybridized carbons (Fsp3) is 0.579. The number of rotatable bonds is 3. The van der Waals surface area contributed by atoms with Gasteiger partial charge in [-0.2, -0.15) is 4.57 Å². The number of fused-ring (bicyclic) bond motifs is 3. The van der Waals surface area contributed by atoms with Crippen LogP contribution in [-0.2, 0) is 23.8 Å². The van der Waals surface area contributed by atoms with Gasteiger partial charge in [0.2, 0.25) is 0 Å². The summed E-state index contributed by atoms with van der Waals surface area (Å²) in [4.78, 5) is 37.3. The van der Waals surface area contributed by atoms with Crippen LogP contribution in [0.3, 0.4) is 0 Å². The number of carbonyl (C=O) groups is 3. The van der Waals surface area contributed by atoms with Crippen molar-refractivity contribution in [1.29, 1.82) is 0 Å². The van der Waals surface area contributed by atoms with E-state index in [1.54, 1.807) is 17.8 Å². The zero-order valence-corrected chi connectivity index (χ0v) is 16.2. The molecule has 3 aliphatic carbocycles. The van der Waals surface area contributed by atoms with Crippen molar-refractivity contribution >= 4 is 29.7 Å². The van der Waals surface area contributed by atoms with Crippen molar-refractivity contribution in [2.24, 2.45) is 23.7 Å². The Kier molecular flexibility index (Phi) is 4.61. The van der Waals surface area contributed by atoms with Crippen molar-refractivity contribution in [3.63, 3.8) is 0 Å². The van der Waals surface area contributed by atoms with Crippen LogP contribution in [-0.4, -0.2) is 44.5 Å². The molecule has 0 unspecified atom stereocenters. The summed E-state index contributed by atoms with van der Waals surface area (Å²) in [6, 6.07) is 3.61. The van der Waals surface area contributed by atoms with Crippen LogP contribution in [0.15, 0.2) is 23.4 Å². The third-order valence-corrected chi connectivity index (χ3v) is 7.79. The molecule has 27 heavy (non-hydrogen) atoms. The zero-order valence-electron chi connectivity index (χ0n) is 15.4. The largest absolute Gasteiger partial charge is 0.469 e. The molecular weight excluding hydrogens is 370 g/mol. The van der Waals surface area contributed by atoms with Crippen LogP contribution in [0.5, 0.6) is 0 Å². The predicted molar refractivity (Wildman–Crippen MR) is 93.9 cm³/mol. The molecule has 2 bridgehead atoms. The van der Waals surface area contributed by atoms with Crippen molar-refractivity contribution in [1.82, 2.24) is 0 Å². The van der Waals surface area contributed by atoms with Gasteiger partial charge in [-0.15, -0.1) is 0 Å². The highest BCUT2D eigenvalue weighted by atomic mass is 32.2. The Morgan fingerprint density at radius 2 is 1.63 bits per heavy atom. The van der Waals surface area contributed by atoms with Gasteiger partial charge in [0.05, 0.1) is 38.4 Å². The molecule has 2 heterocycles. The van der Waals surface area contributed by atoms with Crippen LogP contribution in [0.2, 0.25) is 0 Å². The average molecular weight is 392 g/mol. The second-order valence-electron chi connectivity index (χ2n) is 7.20. The predicted octanol–water partition coefficient (Wildman–Crippen LogP) is 1.39. The highest BCUT2D eigenvalue weighted by molar-refractivity contribution is 8.00. The van der Waals surface area contributed by atoms with E-state index in [4.69, 9.17) is 14.2 Å². The fourth-order valence-corrected chi connectivity index (χ4v) is 7.02. The van der Waals surface area contributed by atoms with E-state index in [-0.39, 0.29) is 41.0 Å². The number of carbonyl (C=O) groups excluding carboxylic acids is 3. The first-order valence-corrected chi connectivity index (χ1v) is 9.86. The first kappa shape index (κ1) is 18.3. The molecule has 144 valence electrons. The Labute approximate surface area is 161 Å². The molecule has 0 saturated heterocycles. The third kappa shape index (κ3) is 2.56. The second-order valence-corrected chi connectivity index (χ2v) is 8.37. The average Bonchev–Trinajstić information content (AvgIpc) is 3.12. The number of hydrogen-bond donors (Lipinski definition) is 0. The molecule has 0 amide bonds. The maximum absolute atomic E-state index is 12.6. The van der Waals surface area contributed by atoms with Crippen LogP contribution in [0.25, 0.3) is 0 Å². The minimum absolute atomic E-state index is 0.00746. The number of aromatic nitrogens is 1. The molecule has 3 fully saturated rings. The van der Waals surface area contributed by atoms with Gasteiger partial charge in [0.1, 0.15) is 5.56 Å². The highest BCUT2D eigenvalue weighted by Crippen LogP contribution is 2.60. The number of hydrogen-bond acceptors (Lipinski definition) is 7.